The maximum absolute atomic E-state index is 9.21. The van der Waals surface area contributed by atoms with Crippen molar-refractivity contribution in [3.05, 3.63) is 0 Å². The van der Waals surface area contributed by atoms with Crippen molar-refractivity contribution in [2.45, 2.75) is 38.8 Å². The van der Waals surface area contributed by atoms with Crippen molar-refractivity contribution in [3.8, 4) is 0 Å². The van der Waals surface area contributed by atoms with Crippen LogP contribution in [0.4, 0.5) is 0 Å². The zero-order valence-corrected chi connectivity index (χ0v) is 6.09. The molecule has 0 aromatic heterocycles. The lowest BCUT2D eigenvalue weighted by Gasteiger charge is -2.14. The van der Waals surface area contributed by atoms with E-state index in [9.17, 15) is 5.11 Å². The van der Waals surface area contributed by atoms with E-state index in [4.69, 9.17) is 5.73 Å². The van der Waals surface area contributed by atoms with Crippen LogP contribution in [0.15, 0.2) is 0 Å². The van der Waals surface area contributed by atoms with E-state index >= 15 is 0 Å². The van der Waals surface area contributed by atoms with E-state index in [1.54, 1.807) is 0 Å². The van der Waals surface area contributed by atoms with Gasteiger partial charge in [-0.3, -0.25) is 0 Å². The molecule has 1 aliphatic rings. The topological polar surface area (TPSA) is 46.2 Å². The first-order valence-electron chi connectivity index (χ1n) is 3.45. The Morgan fingerprint density at radius 3 is 2.11 bits per heavy atom. The number of hydrogen-bond donors (Lipinski definition) is 2. The molecule has 3 N–H and O–H groups in total. The van der Waals surface area contributed by atoms with Gasteiger partial charge in [-0.2, -0.15) is 0 Å². The summed E-state index contributed by atoms with van der Waals surface area (Å²) >= 11 is 0. The predicted molar refractivity (Wildman–Crippen MR) is 37.0 cm³/mol. The van der Waals surface area contributed by atoms with Gasteiger partial charge in [0.05, 0.1) is 6.10 Å². The Morgan fingerprint density at radius 2 is 2.00 bits per heavy atom. The van der Waals surface area contributed by atoms with Crippen LogP contribution in [0.2, 0.25) is 0 Å². The summed E-state index contributed by atoms with van der Waals surface area (Å²) in [5.41, 5.74) is 5.87. The van der Waals surface area contributed by atoms with Crippen molar-refractivity contribution in [1.82, 2.24) is 0 Å². The fraction of sp³-hybridized carbons (Fsp3) is 1.00. The largest absolute Gasteiger partial charge is 0.391 e. The Labute approximate surface area is 56.1 Å². The van der Waals surface area contributed by atoms with Crippen LogP contribution in [0.25, 0.3) is 0 Å². The van der Waals surface area contributed by atoms with Gasteiger partial charge in [0.2, 0.25) is 0 Å². The highest BCUT2D eigenvalue weighted by atomic mass is 16.3. The van der Waals surface area contributed by atoms with E-state index in [1.165, 1.54) is 0 Å². The van der Waals surface area contributed by atoms with Crippen molar-refractivity contribution in [2.24, 2.45) is 11.1 Å². The molecule has 1 rings (SSSR count). The van der Waals surface area contributed by atoms with E-state index in [0.717, 1.165) is 12.8 Å². The minimum atomic E-state index is -0.264. The molecule has 1 saturated carbocycles. The third-order valence-corrected chi connectivity index (χ3v) is 2.04. The molecule has 0 spiro atoms. The van der Waals surface area contributed by atoms with Crippen LogP contribution in [0.3, 0.4) is 0 Å². The third-order valence-electron chi connectivity index (χ3n) is 2.04. The number of aliphatic hydroxyl groups is 1. The zero-order chi connectivity index (χ0) is 7.07. The van der Waals surface area contributed by atoms with Gasteiger partial charge in [0.25, 0.3) is 0 Å². The Bertz CT molecular complexity index is 99.5. The summed E-state index contributed by atoms with van der Waals surface area (Å²) in [5, 5.41) is 9.21. The average Bonchev–Trinajstić information content (AvgIpc) is 1.79. The van der Waals surface area contributed by atoms with Crippen molar-refractivity contribution in [3.63, 3.8) is 0 Å². The highest BCUT2D eigenvalue weighted by Gasteiger charge is 2.35. The van der Waals surface area contributed by atoms with E-state index in [0.29, 0.717) is 0 Å². The standard InChI is InChI=1S/C7H15NO/c1-7(2)3-5(8)6(9)4-7/h5-6,9H,3-4,8H2,1-2H3. The van der Waals surface area contributed by atoms with Crippen molar-refractivity contribution in [2.75, 3.05) is 0 Å². The first-order chi connectivity index (χ1) is 4.01. The van der Waals surface area contributed by atoms with Gasteiger partial charge in [-0.25, -0.2) is 0 Å². The van der Waals surface area contributed by atoms with E-state index in [2.05, 4.69) is 13.8 Å². The van der Waals surface area contributed by atoms with Crippen LogP contribution in [0, 0.1) is 5.41 Å². The SMILES string of the molecule is CC1(C)CC(N)C(O)C1. The molecular weight excluding hydrogens is 114 g/mol. The molecule has 0 radical (unpaired) electrons. The molecule has 1 fully saturated rings. The Kier molecular flexibility index (Phi) is 1.53. The smallest absolute Gasteiger partial charge is 0.0696 e. The van der Waals surface area contributed by atoms with Crippen molar-refractivity contribution in [1.29, 1.82) is 0 Å². The van der Waals surface area contributed by atoms with E-state index in [1.807, 2.05) is 0 Å². The van der Waals surface area contributed by atoms with Gasteiger partial charge in [0.1, 0.15) is 0 Å². The lowest BCUT2D eigenvalue weighted by atomic mass is 9.92. The molecule has 2 atom stereocenters. The van der Waals surface area contributed by atoms with Crippen LogP contribution in [-0.2, 0) is 0 Å². The lowest BCUT2D eigenvalue weighted by molar-refractivity contribution is 0.155. The fourth-order valence-electron chi connectivity index (χ4n) is 1.57. The minimum absolute atomic E-state index is 0.0139. The molecule has 54 valence electrons. The van der Waals surface area contributed by atoms with E-state index in [-0.39, 0.29) is 17.6 Å². The van der Waals surface area contributed by atoms with Gasteiger partial charge in [-0.15, -0.1) is 0 Å². The molecule has 0 heterocycles. The van der Waals surface area contributed by atoms with Crippen LogP contribution >= 0.6 is 0 Å². The molecule has 0 saturated heterocycles. The van der Waals surface area contributed by atoms with E-state index < -0.39 is 0 Å². The highest BCUT2D eigenvalue weighted by molar-refractivity contribution is 4.90. The second-order valence-electron chi connectivity index (χ2n) is 3.80. The first-order valence-corrected chi connectivity index (χ1v) is 3.45. The quantitative estimate of drug-likeness (QED) is 0.500. The summed E-state index contributed by atoms with van der Waals surface area (Å²) in [5.74, 6) is 0. The summed E-state index contributed by atoms with van der Waals surface area (Å²) < 4.78 is 0. The Balaban J connectivity index is 2.54. The van der Waals surface area contributed by atoms with Gasteiger partial charge < -0.3 is 10.8 Å². The summed E-state index contributed by atoms with van der Waals surface area (Å²) in [4.78, 5) is 0. The normalized spacial score (nSPS) is 41.3. The first kappa shape index (κ1) is 7.03. The number of hydrogen-bond acceptors (Lipinski definition) is 2. The third kappa shape index (κ3) is 1.43. The molecule has 0 aliphatic heterocycles. The predicted octanol–water partition coefficient (Wildman–Crippen LogP) is 0.495. The second-order valence-corrected chi connectivity index (χ2v) is 3.80. The second kappa shape index (κ2) is 1.96. The van der Waals surface area contributed by atoms with Crippen LogP contribution in [0.5, 0.6) is 0 Å². The van der Waals surface area contributed by atoms with Gasteiger partial charge in [-0.1, -0.05) is 13.8 Å². The summed E-state index contributed by atoms with van der Waals surface area (Å²) in [7, 11) is 0. The van der Waals surface area contributed by atoms with Crippen LogP contribution < -0.4 is 5.73 Å². The minimum Gasteiger partial charge on any atom is -0.391 e. The molecular formula is C7H15NO. The molecule has 0 amide bonds. The Morgan fingerprint density at radius 1 is 1.44 bits per heavy atom. The van der Waals surface area contributed by atoms with Gasteiger partial charge in [0, 0.05) is 6.04 Å². The van der Waals surface area contributed by atoms with Gasteiger partial charge in [-0.05, 0) is 18.3 Å². The van der Waals surface area contributed by atoms with Gasteiger partial charge in [0.15, 0.2) is 0 Å². The van der Waals surface area contributed by atoms with Crippen LogP contribution in [0.1, 0.15) is 26.7 Å². The maximum atomic E-state index is 9.21. The van der Waals surface area contributed by atoms with Crippen molar-refractivity contribution < 1.29 is 5.11 Å². The lowest BCUT2D eigenvalue weighted by Crippen LogP contribution is -2.28. The van der Waals surface area contributed by atoms with Crippen molar-refractivity contribution >= 4 is 0 Å². The van der Waals surface area contributed by atoms with Crippen LogP contribution in [-0.4, -0.2) is 17.3 Å². The molecule has 2 unspecified atom stereocenters. The monoisotopic (exact) mass is 129 g/mol. The summed E-state index contributed by atoms with van der Waals surface area (Å²) in [6.45, 7) is 4.28. The summed E-state index contributed by atoms with van der Waals surface area (Å²) in [6, 6.07) is 0.0139. The highest BCUT2D eigenvalue weighted by Crippen LogP contribution is 2.35. The number of aliphatic hydroxyl groups excluding tert-OH is 1. The molecule has 2 heteroatoms. The molecule has 0 aromatic rings. The average molecular weight is 129 g/mol. The zero-order valence-electron chi connectivity index (χ0n) is 6.09. The molecule has 0 bridgehead atoms. The molecule has 1 aliphatic carbocycles. The van der Waals surface area contributed by atoms with Gasteiger partial charge >= 0.3 is 0 Å². The maximum Gasteiger partial charge on any atom is 0.0696 e. The Hall–Kier alpha value is -0.0800. The number of nitrogens with two attached hydrogens (primary N) is 1. The number of rotatable bonds is 0. The molecule has 9 heavy (non-hydrogen) atoms. The molecule has 0 aromatic carbocycles. The fourth-order valence-corrected chi connectivity index (χ4v) is 1.57. The molecule has 2 nitrogen and oxygen atoms in total. The summed E-state index contributed by atoms with van der Waals surface area (Å²) in [6.07, 6.45) is 1.54.